The highest BCUT2D eigenvalue weighted by atomic mass is 79.9. The zero-order chi connectivity index (χ0) is 15.9. The maximum Gasteiger partial charge on any atom is 0.230 e. The maximum atomic E-state index is 11.9. The Morgan fingerprint density at radius 3 is 2.55 bits per heavy atom. The number of pyridine rings is 1. The van der Waals surface area contributed by atoms with Crippen LogP contribution in [0.15, 0.2) is 52.0 Å². The Labute approximate surface area is 143 Å². The summed E-state index contributed by atoms with van der Waals surface area (Å²) in [6, 6.07) is 11.8. The topological polar surface area (TPSA) is 45.2 Å². The summed E-state index contributed by atoms with van der Waals surface area (Å²) in [7, 11) is 3.90. The lowest BCUT2D eigenvalue weighted by atomic mass is 10.3. The molecule has 22 heavy (non-hydrogen) atoms. The molecular weight excluding hydrogens is 362 g/mol. The Balaban J connectivity index is 1.76. The summed E-state index contributed by atoms with van der Waals surface area (Å²) in [5, 5.41) is 2.91. The van der Waals surface area contributed by atoms with Crippen molar-refractivity contribution in [3.05, 3.63) is 52.6 Å². The summed E-state index contributed by atoms with van der Waals surface area (Å²) in [5.41, 5.74) is 0.993. The SMILES string of the molecule is CN(C)c1ccc(CNC(=O)CSc2ccc(Br)cc2)cn1. The molecule has 0 unspecified atom stereocenters. The van der Waals surface area contributed by atoms with Crippen LogP contribution in [0.25, 0.3) is 0 Å². The van der Waals surface area contributed by atoms with E-state index in [2.05, 4.69) is 26.2 Å². The van der Waals surface area contributed by atoms with Crippen LogP contribution in [0.1, 0.15) is 5.56 Å². The average molecular weight is 380 g/mol. The first-order chi connectivity index (χ1) is 10.5. The van der Waals surface area contributed by atoms with Gasteiger partial charge in [0.05, 0.1) is 5.75 Å². The standard InChI is InChI=1S/C16H18BrN3OS/c1-20(2)15-8-3-12(9-18-15)10-19-16(21)11-22-14-6-4-13(17)5-7-14/h3-9H,10-11H2,1-2H3,(H,19,21). The highest BCUT2D eigenvalue weighted by Crippen LogP contribution is 2.20. The number of nitrogens with zero attached hydrogens (tertiary/aromatic N) is 2. The molecule has 0 aliphatic heterocycles. The van der Waals surface area contributed by atoms with Gasteiger partial charge in [-0.25, -0.2) is 4.98 Å². The average Bonchev–Trinajstić information content (AvgIpc) is 2.52. The molecule has 0 saturated heterocycles. The van der Waals surface area contributed by atoms with Gasteiger partial charge in [0.25, 0.3) is 0 Å². The van der Waals surface area contributed by atoms with Crippen molar-refractivity contribution in [3.63, 3.8) is 0 Å². The molecule has 0 atom stereocenters. The van der Waals surface area contributed by atoms with Crippen LogP contribution in [0.4, 0.5) is 5.82 Å². The highest BCUT2D eigenvalue weighted by Gasteiger charge is 2.04. The second kappa shape index (κ2) is 8.19. The number of halogens is 1. The van der Waals surface area contributed by atoms with Gasteiger partial charge in [0.15, 0.2) is 0 Å². The molecule has 1 heterocycles. The molecule has 6 heteroatoms. The van der Waals surface area contributed by atoms with Crippen LogP contribution in [0.5, 0.6) is 0 Å². The van der Waals surface area contributed by atoms with E-state index in [1.807, 2.05) is 55.4 Å². The monoisotopic (exact) mass is 379 g/mol. The van der Waals surface area contributed by atoms with Crippen LogP contribution in [0.3, 0.4) is 0 Å². The Kier molecular flexibility index (Phi) is 6.27. The van der Waals surface area contributed by atoms with Gasteiger partial charge in [0.1, 0.15) is 5.82 Å². The van der Waals surface area contributed by atoms with Gasteiger partial charge in [0.2, 0.25) is 5.91 Å². The molecule has 0 aliphatic rings. The molecule has 0 aliphatic carbocycles. The van der Waals surface area contributed by atoms with Crippen molar-refractivity contribution in [2.45, 2.75) is 11.4 Å². The van der Waals surface area contributed by atoms with Crippen molar-refractivity contribution in [1.29, 1.82) is 0 Å². The Bertz CT molecular complexity index is 614. The van der Waals surface area contributed by atoms with Gasteiger partial charge >= 0.3 is 0 Å². The Morgan fingerprint density at radius 1 is 1.23 bits per heavy atom. The molecular formula is C16H18BrN3OS. The number of hydrogen-bond donors (Lipinski definition) is 1. The summed E-state index contributed by atoms with van der Waals surface area (Å²) in [4.78, 5) is 19.2. The van der Waals surface area contributed by atoms with Crippen LogP contribution in [0.2, 0.25) is 0 Å². The van der Waals surface area contributed by atoms with Crippen molar-refractivity contribution in [2.24, 2.45) is 0 Å². The van der Waals surface area contributed by atoms with Crippen molar-refractivity contribution in [2.75, 3.05) is 24.7 Å². The fraction of sp³-hybridized carbons (Fsp3) is 0.250. The van der Waals surface area contributed by atoms with E-state index in [9.17, 15) is 4.79 Å². The molecule has 0 spiro atoms. The second-order valence-corrected chi connectivity index (χ2v) is 6.90. The van der Waals surface area contributed by atoms with E-state index >= 15 is 0 Å². The lowest BCUT2D eigenvalue weighted by molar-refractivity contribution is -0.118. The largest absolute Gasteiger partial charge is 0.363 e. The predicted octanol–water partition coefficient (Wildman–Crippen LogP) is 3.32. The molecule has 1 amide bonds. The van der Waals surface area contributed by atoms with Crippen molar-refractivity contribution < 1.29 is 4.79 Å². The first-order valence-corrected chi connectivity index (χ1v) is 8.60. The van der Waals surface area contributed by atoms with E-state index in [4.69, 9.17) is 0 Å². The Morgan fingerprint density at radius 2 is 1.95 bits per heavy atom. The van der Waals surface area contributed by atoms with Gasteiger partial charge in [-0.1, -0.05) is 22.0 Å². The fourth-order valence-corrected chi connectivity index (χ4v) is 2.71. The van der Waals surface area contributed by atoms with E-state index in [1.165, 1.54) is 11.8 Å². The third-order valence-corrected chi connectivity index (χ3v) is 4.48. The van der Waals surface area contributed by atoms with E-state index in [0.717, 1.165) is 20.7 Å². The molecule has 0 radical (unpaired) electrons. The van der Waals surface area contributed by atoms with Crippen LogP contribution >= 0.6 is 27.7 Å². The van der Waals surface area contributed by atoms with Gasteiger partial charge < -0.3 is 10.2 Å². The smallest absolute Gasteiger partial charge is 0.230 e. The first kappa shape index (κ1) is 16.8. The summed E-state index contributed by atoms with van der Waals surface area (Å²) in [5.74, 6) is 1.33. The lowest BCUT2D eigenvalue weighted by Gasteiger charge is -2.11. The molecule has 2 rings (SSSR count). The van der Waals surface area contributed by atoms with Crippen LogP contribution in [-0.4, -0.2) is 30.7 Å². The number of rotatable bonds is 6. The quantitative estimate of drug-likeness (QED) is 0.781. The van der Waals surface area contributed by atoms with Crippen molar-refractivity contribution in [1.82, 2.24) is 10.3 Å². The minimum atomic E-state index is 0.0182. The van der Waals surface area contributed by atoms with Gasteiger partial charge in [-0.2, -0.15) is 0 Å². The van der Waals surface area contributed by atoms with Crippen LogP contribution in [-0.2, 0) is 11.3 Å². The van der Waals surface area contributed by atoms with Crippen LogP contribution in [0, 0.1) is 0 Å². The number of hydrogen-bond acceptors (Lipinski definition) is 4. The number of aromatic nitrogens is 1. The number of thioether (sulfide) groups is 1. The molecule has 116 valence electrons. The third kappa shape index (κ3) is 5.35. The fourth-order valence-electron chi connectivity index (χ4n) is 1.72. The first-order valence-electron chi connectivity index (χ1n) is 6.82. The van der Waals surface area contributed by atoms with Crippen molar-refractivity contribution in [3.8, 4) is 0 Å². The van der Waals surface area contributed by atoms with E-state index < -0.39 is 0 Å². The van der Waals surface area contributed by atoms with E-state index in [1.54, 1.807) is 6.20 Å². The second-order valence-electron chi connectivity index (χ2n) is 4.94. The molecule has 0 fully saturated rings. The summed E-state index contributed by atoms with van der Waals surface area (Å²) in [6.45, 7) is 0.500. The number of anilines is 1. The molecule has 1 aromatic carbocycles. The summed E-state index contributed by atoms with van der Waals surface area (Å²) >= 11 is 4.92. The maximum absolute atomic E-state index is 11.9. The minimum Gasteiger partial charge on any atom is -0.363 e. The summed E-state index contributed by atoms with van der Waals surface area (Å²) < 4.78 is 1.04. The Hall–Kier alpha value is -1.53. The summed E-state index contributed by atoms with van der Waals surface area (Å²) in [6.07, 6.45) is 1.79. The van der Waals surface area contributed by atoms with Crippen LogP contribution < -0.4 is 10.2 Å². The highest BCUT2D eigenvalue weighted by molar-refractivity contribution is 9.10. The van der Waals surface area contributed by atoms with Gasteiger partial charge in [-0.05, 0) is 35.9 Å². The molecule has 2 aromatic rings. The van der Waals surface area contributed by atoms with Gasteiger partial charge in [-0.15, -0.1) is 11.8 Å². The zero-order valence-electron chi connectivity index (χ0n) is 12.5. The number of carbonyl (C=O) groups excluding carboxylic acids is 1. The third-order valence-electron chi connectivity index (χ3n) is 2.94. The molecule has 1 N–H and O–H groups in total. The molecule has 0 saturated carbocycles. The molecule has 1 aromatic heterocycles. The predicted molar refractivity (Wildman–Crippen MR) is 95.3 cm³/mol. The minimum absolute atomic E-state index is 0.0182. The van der Waals surface area contributed by atoms with Crippen molar-refractivity contribution >= 4 is 39.4 Å². The molecule has 4 nitrogen and oxygen atoms in total. The number of nitrogens with one attached hydrogen (secondary N) is 1. The van der Waals surface area contributed by atoms with Gasteiger partial charge in [0, 0.05) is 36.2 Å². The molecule has 0 bridgehead atoms. The normalized spacial score (nSPS) is 10.3. The van der Waals surface area contributed by atoms with E-state index in [0.29, 0.717) is 12.3 Å². The number of carbonyl (C=O) groups is 1. The number of amides is 1. The lowest BCUT2D eigenvalue weighted by Crippen LogP contribution is -2.24. The van der Waals surface area contributed by atoms with E-state index in [-0.39, 0.29) is 5.91 Å². The number of benzene rings is 1. The zero-order valence-corrected chi connectivity index (χ0v) is 14.9. The van der Waals surface area contributed by atoms with Gasteiger partial charge in [-0.3, -0.25) is 4.79 Å².